The van der Waals surface area contributed by atoms with Gasteiger partial charge in [-0.1, -0.05) is 71.1 Å². The summed E-state index contributed by atoms with van der Waals surface area (Å²) in [6.07, 6.45) is 10.6. The molecule has 2 aromatic heterocycles. The molecule has 4 atom stereocenters. The molecule has 0 saturated carbocycles. The summed E-state index contributed by atoms with van der Waals surface area (Å²) < 4.78 is 22.8. The van der Waals surface area contributed by atoms with Gasteiger partial charge >= 0.3 is 7.82 Å². The first kappa shape index (κ1) is 30.6. The molecule has 1 aliphatic heterocycles. The van der Waals surface area contributed by atoms with Crippen LogP contribution in [0.1, 0.15) is 90.2 Å². The minimum Gasteiger partial charge on any atom is -0.394 e. The van der Waals surface area contributed by atoms with E-state index in [1.54, 1.807) is 0 Å². The maximum atomic E-state index is 12.5. The molecule has 1 saturated heterocycles. The number of unbranched alkanes of at least 4 members (excludes halogenated alkanes) is 10. The number of aliphatic hydroxyl groups excluding tert-OH is 2. The van der Waals surface area contributed by atoms with E-state index < -0.39 is 39.0 Å². The molecule has 0 radical (unpaired) electrons. The smallest absolute Gasteiger partial charge is 0.394 e. The molecule has 2 aromatic rings. The van der Waals surface area contributed by atoms with Gasteiger partial charge in [0, 0.05) is 6.42 Å². The van der Waals surface area contributed by atoms with Crippen molar-refractivity contribution in [2.24, 2.45) is 0 Å². The fourth-order valence-corrected chi connectivity index (χ4v) is 5.24. The number of phosphoric acid groups is 1. The van der Waals surface area contributed by atoms with Crippen molar-refractivity contribution in [3.05, 3.63) is 12.7 Å². The molecule has 214 valence electrons. The molecule has 5 N–H and O–H groups in total. The fraction of sp³-hybridized carbons (Fsp3) is 0.750. The van der Waals surface area contributed by atoms with Gasteiger partial charge in [0.15, 0.2) is 23.2 Å². The van der Waals surface area contributed by atoms with E-state index >= 15 is 0 Å². The van der Waals surface area contributed by atoms with Crippen molar-refractivity contribution < 1.29 is 38.6 Å². The van der Waals surface area contributed by atoms with Crippen LogP contribution >= 0.6 is 7.82 Å². The van der Waals surface area contributed by atoms with Crippen LogP contribution in [-0.4, -0.2) is 70.3 Å². The van der Waals surface area contributed by atoms with Crippen molar-refractivity contribution in [2.45, 2.75) is 109 Å². The number of ether oxygens (including phenoxy) is 1. The average Bonchev–Trinajstić information content (AvgIpc) is 3.43. The summed E-state index contributed by atoms with van der Waals surface area (Å²) in [6.45, 7) is 1.58. The van der Waals surface area contributed by atoms with Crippen molar-refractivity contribution in [1.82, 2.24) is 19.5 Å². The van der Waals surface area contributed by atoms with Gasteiger partial charge in [-0.05, 0) is 6.42 Å². The number of nitrogens with one attached hydrogen (secondary N) is 1. The fourth-order valence-electron chi connectivity index (χ4n) is 4.66. The lowest BCUT2D eigenvalue weighted by atomic mass is 10.1. The third kappa shape index (κ3) is 8.77. The Kier molecular flexibility index (Phi) is 12.0. The summed E-state index contributed by atoms with van der Waals surface area (Å²) in [5.41, 5.74) is 0.484. The second-order valence-corrected chi connectivity index (χ2v) is 10.9. The lowest BCUT2D eigenvalue weighted by Crippen LogP contribution is -2.35. The van der Waals surface area contributed by atoms with Crippen molar-refractivity contribution in [3.8, 4) is 0 Å². The van der Waals surface area contributed by atoms with E-state index in [0.717, 1.165) is 19.3 Å². The lowest BCUT2D eigenvalue weighted by molar-refractivity contribution is -0.116. The Bertz CT molecular complexity index is 1060. The first-order valence-corrected chi connectivity index (χ1v) is 14.9. The van der Waals surface area contributed by atoms with E-state index in [2.05, 4.69) is 31.7 Å². The highest BCUT2D eigenvalue weighted by Crippen LogP contribution is 2.44. The van der Waals surface area contributed by atoms with Crippen LogP contribution in [0.4, 0.5) is 5.82 Å². The summed E-state index contributed by atoms with van der Waals surface area (Å²) in [7, 11) is -4.95. The highest BCUT2D eigenvalue weighted by molar-refractivity contribution is 7.46. The molecule has 1 fully saturated rings. The van der Waals surface area contributed by atoms with E-state index in [-0.39, 0.29) is 22.9 Å². The number of amides is 1. The number of hydrogen-bond acceptors (Lipinski definition) is 9. The molecule has 0 spiro atoms. The molecule has 0 aliphatic carbocycles. The standard InChI is InChI=1S/C24H40N5O8P/c1-2-3-4-5-6-7-8-9-10-11-12-13-18(31)28-22-19-23(26-15-25-22)29(16-27-19)24-20(32)21(17(14-30)36-24)37-38(33,34)35/h15-17,20-21,24,30,32H,2-14H2,1H3,(H2,33,34,35)(H,25,26,28,31)/t17-,20-,21-,24-/m1/s1. The van der Waals surface area contributed by atoms with Crippen molar-refractivity contribution in [1.29, 1.82) is 0 Å². The number of aromatic nitrogens is 4. The number of phosphoric ester groups is 1. The quantitative estimate of drug-likeness (QED) is 0.142. The number of aliphatic hydroxyl groups is 2. The normalized spacial score (nSPS) is 21.8. The van der Waals surface area contributed by atoms with Gasteiger partial charge in [-0.3, -0.25) is 13.9 Å². The van der Waals surface area contributed by atoms with Crippen LogP contribution in [0.5, 0.6) is 0 Å². The van der Waals surface area contributed by atoms with Gasteiger partial charge in [-0.25, -0.2) is 19.5 Å². The van der Waals surface area contributed by atoms with Gasteiger partial charge < -0.3 is 30.1 Å². The van der Waals surface area contributed by atoms with Gasteiger partial charge in [0.05, 0.1) is 12.9 Å². The van der Waals surface area contributed by atoms with Crippen LogP contribution in [0, 0.1) is 0 Å². The van der Waals surface area contributed by atoms with Crippen LogP contribution in [0.15, 0.2) is 12.7 Å². The summed E-state index contributed by atoms with van der Waals surface area (Å²) in [5.74, 6) is 0.0131. The van der Waals surface area contributed by atoms with Gasteiger partial charge in [0.1, 0.15) is 24.6 Å². The first-order chi connectivity index (χ1) is 18.2. The lowest BCUT2D eigenvalue weighted by Gasteiger charge is -2.20. The first-order valence-electron chi connectivity index (χ1n) is 13.4. The SMILES string of the molecule is CCCCCCCCCCCCCC(=O)Nc1ncnc2c1ncn2[C@@H]1O[C@H](CO)[C@@H](OP(=O)(O)O)[C@H]1O. The number of rotatable bonds is 17. The molecule has 13 nitrogen and oxygen atoms in total. The van der Waals surface area contributed by atoms with E-state index in [4.69, 9.17) is 14.5 Å². The summed E-state index contributed by atoms with van der Waals surface area (Å²) in [5, 5.41) is 22.9. The minimum atomic E-state index is -4.95. The van der Waals surface area contributed by atoms with E-state index in [1.165, 1.54) is 68.6 Å². The molecule has 1 amide bonds. The van der Waals surface area contributed by atoms with Crippen LogP contribution in [0.3, 0.4) is 0 Å². The molecule has 14 heteroatoms. The molecule has 0 bridgehead atoms. The van der Waals surface area contributed by atoms with Crippen LogP contribution in [0.25, 0.3) is 11.2 Å². The third-order valence-electron chi connectivity index (χ3n) is 6.65. The second kappa shape index (κ2) is 15.0. The monoisotopic (exact) mass is 557 g/mol. The number of carbonyl (C=O) groups is 1. The topological polar surface area (TPSA) is 189 Å². The predicted octanol–water partition coefficient (Wildman–Crippen LogP) is 3.19. The number of fused-ring (bicyclic) bond motifs is 1. The van der Waals surface area contributed by atoms with Gasteiger partial charge in [-0.15, -0.1) is 0 Å². The molecular weight excluding hydrogens is 517 g/mol. The van der Waals surface area contributed by atoms with Crippen LogP contribution < -0.4 is 5.32 Å². The summed E-state index contributed by atoms with van der Waals surface area (Å²) in [4.78, 5) is 43.3. The Morgan fingerprint density at radius 3 is 2.29 bits per heavy atom. The van der Waals surface area contributed by atoms with E-state index in [1.807, 2.05) is 0 Å². The summed E-state index contributed by atoms with van der Waals surface area (Å²) in [6, 6.07) is 0. The molecule has 3 heterocycles. The number of anilines is 1. The maximum absolute atomic E-state index is 12.5. The molecular formula is C24H40N5O8P. The third-order valence-corrected chi connectivity index (χ3v) is 7.16. The number of carbonyl (C=O) groups excluding carboxylic acids is 1. The van der Waals surface area contributed by atoms with E-state index in [9.17, 15) is 19.6 Å². The maximum Gasteiger partial charge on any atom is 0.470 e. The predicted molar refractivity (Wildman–Crippen MR) is 139 cm³/mol. The largest absolute Gasteiger partial charge is 0.470 e. The van der Waals surface area contributed by atoms with Crippen molar-refractivity contribution in [2.75, 3.05) is 11.9 Å². The minimum absolute atomic E-state index is 0.192. The van der Waals surface area contributed by atoms with Gasteiger partial charge in [-0.2, -0.15) is 0 Å². The molecule has 0 unspecified atom stereocenters. The Morgan fingerprint density at radius 2 is 1.68 bits per heavy atom. The second-order valence-electron chi connectivity index (χ2n) is 9.68. The zero-order valence-electron chi connectivity index (χ0n) is 21.8. The van der Waals surface area contributed by atoms with E-state index in [0.29, 0.717) is 6.42 Å². The highest BCUT2D eigenvalue weighted by Gasteiger charge is 2.48. The number of hydrogen-bond donors (Lipinski definition) is 5. The van der Waals surface area contributed by atoms with Crippen LogP contribution in [-0.2, 0) is 18.6 Å². The Labute approximate surface area is 222 Å². The zero-order chi connectivity index (χ0) is 27.5. The van der Waals surface area contributed by atoms with Gasteiger partial charge in [0.25, 0.3) is 0 Å². The Balaban J connectivity index is 1.49. The Morgan fingerprint density at radius 1 is 1.05 bits per heavy atom. The van der Waals surface area contributed by atoms with Gasteiger partial charge in [0.2, 0.25) is 5.91 Å². The number of nitrogens with zero attached hydrogens (tertiary/aromatic N) is 4. The zero-order valence-corrected chi connectivity index (χ0v) is 22.7. The highest BCUT2D eigenvalue weighted by atomic mass is 31.2. The number of imidazole rings is 1. The molecule has 3 rings (SSSR count). The average molecular weight is 558 g/mol. The molecule has 1 aliphatic rings. The van der Waals surface area contributed by atoms with Crippen LogP contribution in [0.2, 0.25) is 0 Å². The Hall–Kier alpha value is -1.99. The molecule has 38 heavy (non-hydrogen) atoms. The molecule has 0 aromatic carbocycles. The van der Waals surface area contributed by atoms with Crippen molar-refractivity contribution >= 4 is 30.7 Å². The van der Waals surface area contributed by atoms with Crippen molar-refractivity contribution in [3.63, 3.8) is 0 Å². The summed E-state index contributed by atoms with van der Waals surface area (Å²) >= 11 is 0.